The molecule has 6 aromatic rings. The number of aromatic nitrogens is 8. The Balaban J connectivity index is 1.24. The fourth-order valence-corrected chi connectivity index (χ4v) is 5.63. The number of fused-ring (bicyclic) bond motifs is 1. The van der Waals surface area contributed by atoms with Gasteiger partial charge in [-0.2, -0.15) is 15.2 Å². The van der Waals surface area contributed by atoms with Gasteiger partial charge in [-0.1, -0.05) is 37.1 Å². The number of hydrogen-bond acceptors (Lipinski definition) is 10. The molecule has 1 aliphatic carbocycles. The van der Waals surface area contributed by atoms with E-state index >= 15 is 0 Å². The summed E-state index contributed by atoms with van der Waals surface area (Å²) in [7, 11) is 3.42. The van der Waals surface area contributed by atoms with Crippen molar-refractivity contribution in [3.63, 3.8) is 0 Å². The maximum atomic E-state index is 12.7. The van der Waals surface area contributed by atoms with Crippen molar-refractivity contribution in [2.24, 2.45) is 13.0 Å². The SMILES string of the molecule is CCSNc1ccc(Cn2cc(-c3ccn4nc(NC(=O)C5CC5)nc(Nc5cccc(-c6ncn(C)n6)c5OC)c34)cn2)cc1. The molecule has 3 N–H and O–H groups in total. The zero-order valence-corrected chi connectivity index (χ0v) is 26.5. The molecule has 0 unspecified atom stereocenters. The van der Waals surface area contributed by atoms with Crippen LogP contribution in [0.2, 0.25) is 0 Å². The van der Waals surface area contributed by atoms with Crippen LogP contribution in [0, 0.1) is 5.92 Å². The molecule has 4 heterocycles. The zero-order chi connectivity index (χ0) is 31.6. The van der Waals surface area contributed by atoms with Crippen LogP contribution in [0.1, 0.15) is 25.3 Å². The van der Waals surface area contributed by atoms with Crippen LogP contribution in [0.15, 0.2) is 73.4 Å². The Labute approximate surface area is 269 Å². The first kappa shape index (κ1) is 29.3. The molecule has 46 heavy (non-hydrogen) atoms. The lowest BCUT2D eigenvalue weighted by Crippen LogP contribution is -2.17. The van der Waals surface area contributed by atoms with Gasteiger partial charge in [0.15, 0.2) is 17.4 Å². The van der Waals surface area contributed by atoms with Crippen molar-refractivity contribution in [2.45, 2.75) is 26.3 Å². The van der Waals surface area contributed by atoms with Crippen LogP contribution in [-0.2, 0) is 18.4 Å². The number of para-hydroxylation sites is 1. The Kier molecular flexibility index (Phi) is 8.01. The number of carbonyl (C=O) groups excluding carboxylic acids is 1. The summed E-state index contributed by atoms with van der Waals surface area (Å²) < 4.78 is 14.5. The third kappa shape index (κ3) is 6.11. The van der Waals surface area contributed by atoms with Crippen molar-refractivity contribution in [3.8, 4) is 28.3 Å². The highest BCUT2D eigenvalue weighted by Gasteiger charge is 2.30. The van der Waals surface area contributed by atoms with Crippen molar-refractivity contribution in [1.29, 1.82) is 0 Å². The van der Waals surface area contributed by atoms with Crippen LogP contribution in [0.4, 0.5) is 23.1 Å². The van der Waals surface area contributed by atoms with Crippen LogP contribution in [-0.4, -0.2) is 57.9 Å². The van der Waals surface area contributed by atoms with Gasteiger partial charge >= 0.3 is 0 Å². The molecule has 0 saturated heterocycles. The fourth-order valence-electron chi connectivity index (χ4n) is 5.19. The van der Waals surface area contributed by atoms with Crippen molar-refractivity contribution in [1.82, 2.24) is 39.1 Å². The molecule has 4 aromatic heterocycles. The van der Waals surface area contributed by atoms with Crippen molar-refractivity contribution < 1.29 is 9.53 Å². The number of nitrogens with zero attached hydrogens (tertiary/aromatic N) is 8. The smallest absolute Gasteiger partial charge is 0.249 e. The second kappa shape index (κ2) is 12.6. The van der Waals surface area contributed by atoms with Gasteiger partial charge in [-0.15, -0.1) is 5.10 Å². The molecular weight excluding hydrogens is 602 g/mol. The molecule has 1 amide bonds. The Bertz CT molecular complexity index is 2010. The van der Waals surface area contributed by atoms with Crippen LogP contribution in [0.25, 0.3) is 28.0 Å². The van der Waals surface area contributed by atoms with Gasteiger partial charge in [0.05, 0.1) is 31.1 Å². The average molecular weight is 636 g/mol. The van der Waals surface area contributed by atoms with Crippen LogP contribution < -0.4 is 20.1 Å². The molecular formula is C32H33N11O2S. The monoisotopic (exact) mass is 635 g/mol. The van der Waals surface area contributed by atoms with Crippen LogP contribution in [0.3, 0.4) is 0 Å². The normalized spacial score (nSPS) is 12.8. The predicted octanol–water partition coefficient (Wildman–Crippen LogP) is 5.62. The molecule has 234 valence electrons. The minimum absolute atomic E-state index is 0.00659. The number of ether oxygens (including phenoxy) is 1. The molecule has 0 bridgehead atoms. The number of rotatable bonds is 12. The van der Waals surface area contributed by atoms with Crippen LogP contribution >= 0.6 is 11.9 Å². The lowest BCUT2D eigenvalue weighted by molar-refractivity contribution is -0.117. The van der Waals surface area contributed by atoms with Gasteiger partial charge in [0.2, 0.25) is 11.9 Å². The van der Waals surface area contributed by atoms with E-state index in [4.69, 9.17) is 9.72 Å². The molecule has 0 spiro atoms. The summed E-state index contributed by atoms with van der Waals surface area (Å²) in [4.78, 5) is 21.9. The van der Waals surface area contributed by atoms with E-state index in [1.54, 1.807) is 34.6 Å². The van der Waals surface area contributed by atoms with Crippen molar-refractivity contribution in [3.05, 3.63) is 79.0 Å². The second-order valence-electron chi connectivity index (χ2n) is 11.0. The van der Waals surface area contributed by atoms with E-state index in [0.29, 0.717) is 29.6 Å². The predicted molar refractivity (Wildman–Crippen MR) is 179 cm³/mol. The molecule has 14 heteroatoms. The number of carbonyl (C=O) groups is 1. The molecule has 0 radical (unpaired) electrons. The number of hydrogen-bond donors (Lipinski definition) is 3. The van der Waals surface area contributed by atoms with Crippen LogP contribution in [0.5, 0.6) is 5.75 Å². The Morgan fingerprint density at radius 1 is 1.09 bits per heavy atom. The summed E-state index contributed by atoms with van der Waals surface area (Å²) in [5, 5.41) is 20.1. The Morgan fingerprint density at radius 3 is 2.67 bits per heavy atom. The first-order chi connectivity index (χ1) is 22.5. The largest absolute Gasteiger partial charge is 0.494 e. The fraction of sp³-hybridized carbons (Fsp3) is 0.250. The van der Waals surface area contributed by atoms with E-state index in [0.717, 1.165) is 52.1 Å². The Hall–Kier alpha value is -5.37. The Morgan fingerprint density at radius 2 is 1.93 bits per heavy atom. The number of benzene rings is 2. The average Bonchev–Trinajstić information content (AvgIpc) is 3.43. The zero-order valence-electron chi connectivity index (χ0n) is 25.6. The van der Waals surface area contributed by atoms with E-state index in [1.807, 2.05) is 54.6 Å². The highest BCUT2D eigenvalue weighted by molar-refractivity contribution is 8.00. The van der Waals surface area contributed by atoms with Gasteiger partial charge < -0.3 is 14.8 Å². The van der Waals surface area contributed by atoms with Gasteiger partial charge in [0.1, 0.15) is 11.8 Å². The first-order valence-corrected chi connectivity index (χ1v) is 16.0. The van der Waals surface area contributed by atoms with Crippen molar-refractivity contribution in [2.75, 3.05) is 28.2 Å². The minimum Gasteiger partial charge on any atom is -0.494 e. The number of amides is 1. The maximum Gasteiger partial charge on any atom is 0.249 e. The van der Waals surface area contributed by atoms with Gasteiger partial charge in [-0.05, 0) is 48.7 Å². The number of aryl methyl sites for hydroxylation is 1. The quantitative estimate of drug-likeness (QED) is 0.145. The summed E-state index contributed by atoms with van der Waals surface area (Å²) in [6.07, 6.45) is 9.10. The second-order valence-corrected chi connectivity index (χ2v) is 12.1. The molecule has 0 atom stereocenters. The minimum atomic E-state index is -0.0762. The molecule has 1 fully saturated rings. The third-order valence-corrected chi connectivity index (χ3v) is 8.25. The highest BCUT2D eigenvalue weighted by Crippen LogP contribution is 2.39. The van der Waals surface area contributed by atoms with Gasteiger partial charge in [0, 0.05) is 47.9 Å². The van der Waals surface area contributed by atoms with E-state index in [-0.39, 0.29) is 17.8 Å². The van der Waals surface area contributed by atoms with E-state index in [2.05, 4.69) is 66.8 Å². The molecule has 7 rings (SSSR count). The highest BCUT2D eigenvalue weighted by atomic mass is 32.2. The number of methoxy groups -OCH3 is 1. The lowest BCUT2D eigenvalue weighted by atomic mass is 10.1. The van der Waals surface area contributed by atoms with E-state index in [1.165, 1.54) is 0 Å². The third-order valence-electron chi connectivity index (χ3n) is 7.58. The van der Waals surface area contributed by atoms with E-state index < -0.39 is 0 Å². The molecule has 1 saturated carbocycles. The molecule has 0 aliphatic heterocycles. The lowest BCUT2D eigenvalue weighted by Gasteiger charge is -2.15. The molecule has 2 aromatic carbocycles. The molecule has 13 nitrogen and oxygen atoms in total. The number of anilines is 4. The van der Waals surface area contributed by atoms with Gasteiger partial charge in [-0.25, -0.2) is 9.50 Å². The van der Waals surface area contributed by atoms with Gasteiger partial charge in [0.25, 0.3) is 0 Å². The topological polar surface area (TPSA) is 141 Å². The maximum absolute atomic E-state index is 12.7. The van der Waals surface area contributed by atoms with E-state index in [9.17, 15) is 4.79 Å². The molecule has 1 aliphatic rings. The summed E-state index contributed by atoms with van der Waals surface area (Å²) in [6, 6.07) is 16.0. The van der Waals surface area contributed by atoms with Gasteiger partial charge in [-0.3, -0.25) is 19.5 Å². The summed E-state index contributed by atoms with van der Waals surface area (Å²) >= 11 is 1.67. The number of nitrogens with one attached hydrogen (secondary N) is 3. The summed E-state index contributed by atoms with van der Waals surface area (Å²) in [5.41, 5.74) is 6.10. The standard InChI is InChI=1S/C32H33N11O2S/c1-4-46-40-23-12-8-20(9-13-23)17-42-18-22(16-34-42)24-14-15-43-27(24)30(36-32(39-43)37-31(44)21-10-11-21)35-26-7-5-6-25(28(26)45-3)29-33-19-41(2)38-29/h5-9,12-16,18-19,21,40H,4,10-11,17H2,1-3H3,(H2,35,36,37,39,44). The summed E-state index contributed by atoms with van der Waals surface area (Å²) in [6.45, 7) is 2.74. The van der Waals surface area contributed by atoms with Crippen molar-refractivity contribution >= 4 is 46.5 Å². The first-order valence-electron chi connectivity index (χ1n) is 15.0. The summed E-state index contributed by atoms with van der Waals surface area (Å²) in [5.74, 6) is 2.72.